The number of imidazole rings is 1. The van der Waals surface area contributed by atoms with Crippen molar-refractivity contribution in [2.45, 2.75) is 23.7 Å². The van der Waals surface area contributed by atoms with Gasteiger partial charge in [0.15, 0.2) is 0 Å². The van der Waals surface area contributed by atoms with Gasteiger partial charge >= 0.3 is 0 Å². The van der Waals surface area contributed by atoms with Crippen LogP contribution in [0.25, 0.3) is 28.2 Å². The van der Waals surface area contributed by atoms with Gasteiger partial charge in [-0.2, -0.15) is 0 Å². The van der Waals surface area contributed by atoms with Crippen molar-refractivity contribution in [3.05, 3.63) is 54.7 Å². The molecular formula is C19H16N4OS. The standard InChI is InChI=1S/C19H16N4OS/c1-25-15-7-5-14(6-8-15)23-11-20-16-9-4-13(10-17(16)23)19-22-21-18(24-19)12-2-3-12/h4-12H,2-3H2,1H3. The van der Waals surface area contributed by atoms with Crippen LogP contribution in [0, 0.1) is 0 Å². The summed E-state index contributed by atoms with van der Waals surface area (Å²) in [4.78, 5) is 5.75. The predicted octanol–water partition coefficient (Wildman–Crippen LogP) is 4.67. The minimum Gasteiger partial charge on any atom is -0.420 e. The molecule has 0 saturated heterocycles. The number of hydrogen-bond donors (Lipinski definition) is 0. The third kappa shape index (κ3) is 2.62. The highest BCUT2D eigenvalue weighted by molar-refractivity contribution is 7.98. The lowest BCUT2D eigenvalue weighted by molar-refractivity contribution is 0.508. The van der Waals surface area contributed by atoms with Crippen LogP contribution >= 0.6 is 11.8 Å². The van der Waals surface area contributed by atoms with Crippen LogP contribution < -0.4 is 0 Å². The van der Waals surface area contributed by atoms with Crippen LogP contribution in [0.2, 0.25) is 0 Å². The predicted molar refractivity (Wildman–Crippen MR) is 98.1 cm³/mol. The summed E-state index contributed by atoms with van der Waals surface area (Å²) in [5.74, 6) is 1.80. The SMILES string of the molecule is CSc1ccc(-n2cnc3ccc(-c4nnc(C5CC5)o4)cc32)cc1. The molecule has 5 rings (SSSR count). The number of aromatic nitrogens is 4. The first-order chi connectivity index (χ1) is 12.3. The van der Waals surface area contributed by atoms with E-state index in [1.54, 1.807) is 11.8 Å². The molecule has 0 radical (unpaired) electrons. The smallest absolute Gasteiger partial charge is 0.247 e. The summed E-state index contributed by atoms with van der Waals surface area (Å²) < 4.78 is 7.92. The van der Waals surface area contributed by atoms with E-state index in [0.29, 0.717) is 11.8 Å². The number of fused-ring (bicyclic) bond motifs is 1. The van der Waals surface area contributed by atoms with Crippen molar-refractivity contribution >= 4 is 22.8 Å². The first-order valence-electron chi connectivity index (χ1n) is 8.27. The molecule has 0 amide bonds. The minimum atomic E-state index is 0.463. The van der Waals surface area contributed by atoms with Gasteiger partial charge in [0.2, 0.25) is 11.8 Å². The van der Waals surface area contributed by atoms with Crippen LogP contribution in [0.5, 0.6) is 0 Å². The molecule has 0 N–H and O–H groups in total. The number of hydrogen-bond acceptors (Lipinski definition) is 5. The summed E-state index contributed by atoms with van der Waals surface area (Å²) in [6, 6.07) is 14.5. The van der Waals surface area contributed by atoms with E-state index in [2.05, 4.69) is 56.3 Å². The zero-order valence-corrected chi connectivity index (χ0v) is 14.5. The summed E-state index contributed by atoms with van der Waals surface area (Å²) in [7, 11) is 0. The maximum Gasteiger partial charge on any atom is 0.247 e. The van der Waals surface area contributed by atoms with Gasteiger partial charge in [0.05, 0.1) is 11.0 Å². The third-order valence-electron chi connectivity index (χ3n) is 4.51. The molecule has 0 aliphatic heterocycles. The Morgan fingerprint density at radius 2 is 1.92 bits per heavy atom. The van der Waals surface area contributed by atoms with Gasteiger partial charge in [-0.05, 0) is 61.6 Å². The average Bonchev–Trinajstić information content (AvgIpc) is 3.24. The molecule has 124 valence electrons. The Kier molecular flexibility index (Phi) is 3.38. The molecule has 0 unspecified atom stereocenters. The van der Waals surface area contributed by atoms with E-state index in [-0.39, 0.29) is 0 Å². The van der Waals surface area contributed by atoms with Gasteiger partial charge in [-0.25, -0.2) is 4.98 Å². The molecule has 2 aromatic heterocycles. The minimum absolute atomic E-state index is 0.463. The lowest BCUT2D eigenvalue weighted by Crippen LogP contribution is -1.92. The average molecular weight is 348 g/mol. The zero-order valence-electron chi connectivity index (χ0n) is 13.7. The lowest BCUT2D eigenvalue weighted by atomic mass is 10.2. The molecule has 25 heavy (non-hydrogen) atoms. The number of nitrogens with zero attached hydrogens (tertiary/aromatic N) is 4. The zero-order chi connectivity index (χ0) is 16.8. The molecular weight excluding hydrogens is 332 g/mol. The van der Waals surface area contributed by atoms with E-state index in [9.17, 15) is 0 Å². The highest BCUT2D eigenvalue weighted by Crippen LogP contribution is 2.40. The summed E-state index contributed by atoms with van der Waals surface area (Å²) in [6.45, 7) is 0. The second kappa shape index (κ2) is 5.74. The van der Waals surface area contributed by atoms with Crippen molar-refractivity contribution in [1.29, 1.82) is 0 Å². The van der Waals surface area contributed by atoms with Crippen molar-refractivity contribution in [3.63, 3.8) is 0 Å². The molecule has 4 aromatic rings. The molecule has 5 nitrogen and oxygen atoms in total. The number of thioether (sulfide) groups is 1. The van der Waals surface area contributed by atoms with Crippen LogP contribution in [0.4, 0.5) is 0 Å². The van der Waals surface area contributed by atoms with Gasteiger partial charge in [-0.1, -0.05) is 0 Å². The van der Waals surface area contributed by atoms with E-state index >= 15 is 0 Å². The van der Waals surface area contributed by atoms with Crippen LogP contribution in [0.15, 0.2) is 58.1 Å². The Morgan fingerprint density at radius 3 is 2.68 bits per heavy atom. The first-order valence-corrected chi connectivity index (χ1v) is 9.49. The second-order valence-corrected chi connectivity index (χ2v) is 7.12. The van der Waals surface area contributed by atoms with E-state index in [1.165, 1.54) is 4.90 Å². The number of rotatable bonds is 4. The van der Waals surface area contributed by atoms with Gasteiger partial charge < -0.3 is 4.42 Å². The maximum atomic E-state index is 5.84. The molecule has 1 fully saturated rings. The summed E-state index contributed by atoms with van der Waals surface area (Å²) >= 11 is 1.74. The Hall–Kier alpha value is -2.60. The van der Waals surface area contributed by atoms with Gasteiger partial charge in [-0.15, -0.1) is 22.0 Å². The molecule has 6 heteroatoms. The normalized spacial score (nSPS) is 14.3. The number of benzene rings is 2. The highest BCUT2D eigenvalue weighted by atomic mass is 32.2. The monoisotopic (exact) mass is 348 g/mol. The van der Waals surface area contributed by atoms with Crippen molar-refractivity contribution in [2.75, 3.05) is 6.26 Å². The van der Waals surface area contributed by atoms with E-state index < -0.39 is 0 Å². The molecule has 0 atom stereocenters. The van der Waals surface area contributed by atoms with Crippen LogP contribution in [0.1, 0.15) is 24.7 Å². The van der Waals surface area contributed by atoms with E-state index in [0.717, 1.165) is 41.0 Å². The fraction of sp³-hybridized carbons (Fsp3) is 0.211. The summed E-state index contributed by atoms with van der Waals surface area (Å²) in [6.07, 6.45) is 6.24. The van der Waals surface area contributed by atoms with E-state index in [1.807, 2.05) is 18.5 Å². The van der Waals surface area contributed by atoms with Gasteiger partial charge in [0.25, 0.3) is 0 Å². The Bertz CT molecular complexity index is 1050. The molecule has 1 aliphatic rings. The summed E-state index contributed by atoms with van der Waals surface area (Å²) in [5.41, 5.74) is 3.98. The van der Waals surface area contributed by atoms with Gasteiger partial charge in [0, 0.05) is 22.1 Å². The molecule has 2 aromatic carbocycles. The highest BCUT2D eigenvalue weighted by Gasteiger charge is 2.29. The Labute approximate surface area is 149 Å². The van der Waals surface area contributed by atoms with Crippen LogP contribution in [0.3, 0.4) is 0 Å². The van der Waals surface area contributed by atoms with Gasteiger partial charge in [-0.3, -0.25) is 4.57 Å². The second-order valence-electron chi connectivity index (χ2n) is 6.24. The third-order valence-corrected chi connectivity index (χ3v) is 5.26. The fourth-order valence-corrected chi connectivity index (χ4v) is 3.34. The Balaban J connectivity index is 1.57. The van der Waals surface area contributed by atoms with Crippen molar-refractivity contribution in [1.82, 2.24) is 19.7 Å². The molecule has 0 spiro atoms. The van der Waals surface area contributed by atoms with Crippen molar-refractivity contribution in [2.24, 2.45) is 0 Å². The molecule has 0 bridgehead atoms. The van der Waals surface area contributed by atoms with Crippen molar-refractivity contribution < 1.29 is 4.42 Å². The quantitative estimate of drug-likeness (QED) is 0.501. The van der Waals surface area contributed by atoms with Crippen LogP contribution in [-0.4, -0.2) is 26.0 Å². The topological polar surface area (TPSA) is 56.7 Å². The molecule has 2 heterocycles. The van der Waals surface area contributed by atoms with E-state index in [4.69, 9.17) is 4.42 Å². The molecule has 1 aliphatic carbocycles. The fourth-order valence-electron chi connectivity index (χ4n) is 2.94. The van der Waals surface area contributed by atoms with Gasteiger partial charge in [0.1, 0.15) is 6.33 Å². The maximum absolute atomic E-state index is 5.84. The molecule has 1 saturated carbocycles. The van der Waals surface area contributed by atoms with Crippen LogP contribution in [-0.2, 0) is 0 Å². The largest absolute Gasteiger partial charge is 0.420 e. The summed E-state index contributed by atoms with van der Waals surface area (Å²) in [5, 5.41) is 8.40. The van der Waals surface area contributed by atoms with Crippen molar-refractivity contribution in [3.8, 4) is 17.1 Å². The first kappa shape index (κ1) is 14.7. The lowest BCUT2D eigenvalue weighted by Gasteiger charge is -2.06. The Morgan fingerprint density at radius 1 is 1.08 bits per heavy atom.